The summed E-state index contributed by atoms with van der Waals surface area (Å²) < 4.78 is 5.29. The van der Waals surface area contributed by atoms with Crippen LogP contribution < -0.4 is 10.1 Å². The fraction of sp³-hybridized carbons (Fsp3) is 0.250. The lowest BCUT2D eigenvalue weighted by atomic mass is 9.88. The molecule has 3 heteroatoms. The van der Waals surface area contributed by atoms with Crippen molar-refractivity contribution in [1.82, 2.24) is 5.32 Å². The molecular formula is C20H21NO2. The van der Waals surface area contributed by atoms with Crippen molar-refractivity contribution in [3.05, 3.63) is 71.3 Å². The zero-order valence-corrected chi connectivity index (χ0v) is 13.3. The number of para-hydroxylation sites is 1. The summed E-state index contributed by atoms with van der Waals surface area (Å²) in [5.74, 6) is 0.692. The van der Waals surface area contributed by atoms with Crippen molar-refractivity contribution in [2.75, 3.05) is 7.11 Å². The summed E-state index contributed by atoms with van der Waals surface area (Å²) in [7, 11) is 1.63. The van der Waals surface area contributed by atoms with Crippen LogP contribution in [0.5, 0.6) is 5.75 Å². The molecule has 0 saturated heterocycles. The fourth-order valence-corrected chi connectivity index (χ4v) is 3.09. The Morgan fingerprint density at radius 1 is 1.17 bits per heavy atom. The third-order valence-corrected chi connectivity index (χ3v) is 4.24. The zero-order valence-electron chi connectivity index (χ0n) is 13.3. The van der Waals surface area contributed by atoms with E-state index < -0.39 is 0 Å². The van der Waals surface area contributed by atoms with Crippen LogP contribution in [0.1, 0.15) is 35.6 Å². The molecule has 1 aliphatic carbocycles. The van der Waals surface area contributed by atoms with Crippen LogP contribution in [0.25, 0.3) is 6.08 Å². The van der Waals surface area contributed by atoms with Gasteiger partial charge in [0.25, 0.3) is 0 Å². The second kappa shape index (κ2) is 7.14. The van der Waals surface area contributed by atoms with Gasteiger partial charge in [-0.05, 0) is 42.5 Å². The molecule has 0 spiro atoms. The van der Waals surface area contributed by atoms with Crippen molar-refractivity contribution in [3.63, 3.8) is 0 Å². The van der Waals surface area contributed by atoms with Gasteiger partial charge in [-0.3, -0.25) is 4.79 Å². The van der Waals surface area contributed by atoms with E-state index >= 15 is 0 Å². The van der Waals surface area contributed by atoms with Gasteiger partial charge in [-0.25, -0.2) is 0 Å². The third-order valence-electron chi connectivity index (χ3n) is 4.24. The molecule has 2 aromatic carbocycles. The Balaban J connectivity index is 1.70. The molecule has 0 heterocycles. The number of hydrogen-bond donors (Lipinski definition) is 1. The Labute approximate surface area is 137 Å². The number of methoxy groups -OCH3 is 1. The molecule has 0 bridgehead atoms. The van der Waals surface area contributed by atoms with Crippen molar-refractivity contribution in [2.24, 2.45) is 0 Å². The van der Waals surface area contributed by atoms with Gasteiger partial charge in [-0.2, -0.15) is 0 Å². The topological polar surface area (TPSA) is 38.3 Å². The van der Waals surface area contributed by atoms with Crippen molar-refractivity contribution < 1.29 is 9.53 Å². The molecule has 23 heavy (non-hydrogen) atoms. The summed E-state index contributed by atoms with van der Waals surface area (Å²) in [5, 5.41) is 3.12. The Kier molecular flexibility index (Phi) is 4.77. The van der Waals surface area contributed by atoms with Gasteiger partial charge in [0, 0.05) is 11.6 Å². The zero-order chi connectivity index (χ0) is 16.1. The first kappa shape index (κ1) is 15.3. The van der Waals surface area contributed by atoms with Crippen LogP contribution in [-0.4, -0.2) is 13.0 Å². The van der Waals surface area contributed by atoms with Gasteiger partial charge in [0.05, 0.1) is 13.2 Å². The smallest absolute Gasteiger partial charge is 0.244 e. The fourth-order valence-electron chi connectivity index (χ4n) is 3.09. The number of rotatable bonds is 4. The van der Waals surface area contributed by atoms with Crippen molar-refractivity contribution in [3.8, 4) is 5.75 Å². The SMILES string of the molecule is COc1ccccc1/C=C/C(=O)NC1CCCc2ccccc21. The van der Waals surface area contributed by atoms with Crippen LogP contribution in [0.2, 0.25) is 0 Å². The third kappa shape index (κ3) is 3.62. The summed E-state index contributed by atoms with van der Waals surface area (Å²) in [6, 6.07) is 16.1. The first-order valence-corrected chi connectivity index (χ1v) is 7.97. The lowest BCUT2D eigenvalue weighted by molar-refractivity contribution is -0.117. The summed E-state index contributed by atoms with van der Waals surface area (Å²) in [5.41, 5.74) is 3.49. The molecule has 0 fully saturated rings. The van der Waals surface area contributed by atoms with Gasteiger partial charge in [0.15, 0.2) is 0 Å². The maximum Gasteiger partial charge on any atom is 0.244 e. The van der Waals surface area contributed by atoms with Crippen LogP contribution in [0.15, 0.2) is 54.6 Å². The van der Waals surface area contributed by atoms with Gasteiger partial charge >= 0.3 is 0 Å². The molecule has 3 nitrogen and oxygen atoms in total. The van der Waals surface area contributed by atoms with E-state index in [2.05, 4.69) is 23.5 Å². The summed E-state index contributed by atoms with van der Waals surface area (Å²) in [6.45, 7) is 0. The number of nitrogens with one attached hydrogen (secondary N) is 1. The molecule has 118 valence electrons. The molecule has 0 radical (unpaired) electrons. The molecule has 1 atom stereocenters. The normalized spacial score (nSPS) is 16.8. The van der Waals surface area contributed by atoms with E-state index in [1.165, 1.54) is 11.1 Å². The first-order valence-electron chi connectivity index (χ1n) is 7.97. The van der Waals surface area contributed by atoms with Gasteiger partial charge in [0.1, 0.15) is 5.75 Å². The highest BCUT2D eigenvalue weighted by molar-refractivity contribution is 5.92. The lowest BCUT2D eigenvalue weighted by Gasteiger charge is -2.25. The molecule has 0 aromatic heterocycles. The molecule has 1 unspecified atom stereocenters. The predicted octanol–water partition coefficient (Wildman–Crippen LogP) is 3.90. The monoisotopic (exact) mass is 307 g/mol. The summed E-state index contributed by atoms with van der Waals surface area (Å²) in [6.07, 6.45) is 6.57. The molecule has 1 aliphatic rings. The number of ether oxygens (including phenoxy) is 1. The van der Waals surface area contributed by atoms with Crippen LogP contribution in [0.4, 0.5) is 0 Å². The molecular weight excluding hydrogens is 286 g/mol. The second-order valence-electron chi connectivity index (χ2n) is 5.73. The largest absolute Gasteiger partial charge is 0.496 e. The van der Waals surface area contributed by atoms with E-state index in [0.29, 0.717) is 0 Å². The van der Waals surface area contributed by atoms with Crippen molar-refractivity contribution in [1.29, 1.82) is 0 Å². The van der Waals surface area contributed by atoms with E-state index in [4.69, 9.17) is 4.74 Å². The molecule has 1 N–H and O–H groups in total. The number of carbonyl (C=O) groups excluding carboxylic acids is 1. The van der Waals surface area contributed by atoms with Crippen LogP contribution in [-0.2, 0) is 11.2 Å². The highest BCUT2D eigenvalue weighted by atomic mass is 16.5. The molecule has 0 aliphatic heterocycles. The number of hydrogen-bond acceptors (Lipinski definition) is 2. The Morgan fingerprint density at radius 3 is 2.83 bits per heavy atom. The van der Waals surface area contributed by atoms with E-state index in [-0.39, 0.29) is 11.9 Å². The summed E-state index contributed by atoms with van der Waals surface area (Å²) >= 11 is 0. The Morgan fingerprint density at radius 2 is 1.96 bits per heavy atom. The van der Waals surface area contributed by atoms with E-state index in [9.17, 15) is 4.79 Å². The van der Waals surface area contributed by atoms with E-state index in [1.54, 1.807) is 19.3 Å². The van der Waals surface area contributed by atoms with Crippen LogP contribution in [0.3, 0.4) is 0 Å². The van der Waals surface area contributed by atoms with Crippen molar-refractivity contribution >= 4 is 12.0 Å². The number of carbonyl (C=O) groups is 1. The number of aryl methyl sites for hydroxylation is 1. The van der Waals surface area contributed by atoms with Gasteiger partial charge in [-0.1, -0.05) is 42.5 Å². The standard InChI is InChI=1S/C20H21NO2/c1-23-19-12-5-3-8-16(19)13-14-20(22)21-18-11-6-9-15-7-2-4-10-17(15)18/h2-5,7-8,10,12-14,18H,6,9,11H2,1H3,(H,21,22)/b14-13+. The average Bonchev–Trinajstić information content (AvgIpc) is 2.60. The number of benzene rings is 2. The molecule has 0 saturated carbocycles. The minimum Gasteiger partial charge on any atom is -0.496 e. The van der Waals surface area contributed by atoms with Crippen molar-refractivity contribution in [2.45, 2.75) is 25.3 Å². The number of fused-ring (bicyclic) bond motifs is 1. The van der Waals surface area contributed by atoms with Gasteiger partial charge < -0.3 is 10.1 Å². The van der Waals surface area contributed by atoms with Crippen LogP contribution in [0, 0.1) is 0 Å². The minimum absolute atomic E-state index is 0.0717. The van der Waals surface area contributed by atoms with Gasteiger partial charge in [0.2, 0.25) is 5.91 Å². The Bertz CT molecular complexity index is 721. The first-order chi connectivity index (χ1) is 11.3. The molecule has 1 amide bonds. The number of amides is 1. The highest BCUT2D eigenvalue weighted by Crippen LogP contribution is 2.29. The molecule has 3 rings (SSSR count). The molecule has 2 aromatic rings. The highest BCUT2D eigenvalue weighted by Gasteiger charge is 2.20. The second-order valence-corrected chi connectivity index (χ2v) is 5.73. The van der Waals surface area contributed by atoms with Crippen LogP contribution >= 0.6 is 0 Å². The average molecular weight is 307 g/mol. The lowest BCUT2D eigenvalue weighted by Crippen LogP contribution is -2.29. The maximum atomic E-state index is 12.3. The predicted molar refractivity (Wildman–Crippen MR) is 92.3 cm³/mol. The minimum atomic E-state index is -0.0717. The van der Waals surface area contributed by atoms with Gasteiger partial charge in [-0.15, -0.1) is 0 Å². The quantitative estimate of drug-likeness (QED) is 0.870. The Hall–Kier alpha value is -2.55. The summed E-state index contributed by atoms with van der Waals surface area (Å²) in [4.78, 5) is 12.3. The van der Waals surface area contributed by atoms with E-state index in [0.717, 1.165) is 30.6 Å². The van der Waals surface area contributed by atoms with E-state index in [1.807, 2.05) is 30.3 Å². The maximum absolute atomic E-state index is 12.3.